The Morgan fingerprint density at radius 3 is 2.68 bits per heavy atom. The fourth-order valence-corrected chi connectivity index (χ4v) is 2.15. The number of ketones is 1. The van der Waals surface area contributed by atoms with Gasteiger partial charge in [0.2, 0.25) is 0 Å². The molecular formula is C16H16N2O. The molecule has 3 nitrogen and oxygen atoms in total. The molecule has 0 bridgehead atoms. The lowest BCUT2D eigenvalue weighted by atomic mass is 10.1. The van der Waals surface area contributed by atoms with E-state index in [0.29, 0.717) is 13.1 Å². The fourth-order valence-electron chi connectivity index (χ4n) is 2.15. The van der Waals surface area contributed by atoms with Crippen molar-refractivity contribution in [2.75, 3.05) is 13.6 Å². The second-order valence-corrected chi connectivity index (χ2v) is 4.73. The SMILES string of the molecule is CN(CC(=O)CC#N)Cc1ccc2ccccc2c1. The standard InChI is InChI=1S/C16H16N2O/c1-18(12-16(19)8-9-17)11-13-6-7-14-4-2-3-5-15(14)10-13/h2-7,10H,8,11-12H2,1H3. The zero-order valence-electron chi connectivity index (χ0n) is 11.0. The molecule has 0 N–H and O–H groups in total. The molecule has 2 aromatic rings. The number of rotatable bonds is 5. The molecule has 3 heteroatoms. The van der Waals surface area contributed by atoms with Crippen molar-refractivity contribution in [3.05, 3.63) is 48.0 Å². The van der Waals surface area contributed by atoms with Gasteiger partial charge in [-0.1, -0.05) is 36.4 Å². The molecule has 0 spiro atoms. The molecule has 0 aromatic heterocycles. The molecule has 96 valence electrons. The number of hydrogen-bond donors (Lipinski definition) is 0. The average molecular weight is 252 g/mol. The van der Waals surface area contributed by atoms with Crippen LogP contribution in [0.4, 0.5) is 0 Å². The lowest BCUT2D eigenvalue weighted by Gasteiger charge is -2.15. The van der Waals surface area contributed by atoms with Crippen molar-refractivity contribution in [3.63, 3.8) is 0 Å². The summed E-state index contributed by atoms with van der Waals surface area (Å²) in [7, 11) is 1.89. The van der Waals surface area contributed by atoms with Gasteiger partial charge in [-0.3, -0.25) is 9.69 Å². The van der Waals surface area contributed by atoms with Crippen LogP contribution in [-0.2, 0) is 11.3 Å². The number of likely N-dealkylation sites (N-methyl/N-ethyl adjacent to an activating group) is 1. The summed E-state index contributed by atoms with van der Waals surface area (Å²) in [4.78, 5) is 13.3. The normalized spacial score (nSPS) is 10.6. The highest BCUT2D eigenvalue weighted by atomic mass is 16.1. The predicted octanol–water partition coefficient (Wildman–Crippen LogP) is 2.75. The lowest BCUT2D eigenvalue weighted by molar-refractivity contribution is -0.119. The number of benzene rings is 2. The Labute approximate surface area is 113 Å². The van der Waals surface area contributed by atoms with Crippen LogP contribution >= 0.6 is 0 Å². The van der Waals surface area contributed by atoms with E-state index in [4.69, 9.17) is 5.26 Å². The quantitative estimate of drug-likeness (QED) is 0.821. The Balaban J connectivity index is 2.05. The number of hydrogen-bond acceptors (Lipinski definition) is 3. The lowest BCUT2D eigenvalue weighted by Crippen LogP contribution is -2.25. The largest absolute Gasteiger partial charge is 0.297 e. The van der Waals surface area contributed by atoms with Gasteiger partial charge in [0.05, 0.1) is 19.0 Å². The smallest absolute Gasteiger partial charge is 0.160 e. The molecule has 0 radical (unpaired) electrons. The van der Waals surface area contributed by atoms with Crippen LogP contribution in [-0.4, -0.2) is 24.3 Å². The number of nitriles is 1. The summed E-state index contributed by atoms with van der Waals surface area (Å²) in [6.07, 6.45) is -0.0118. The molecule has 0 aliphatic rings. The van der Waals surface area contributed by atoms with Crippen molar-refractivity contribution in [3.8, 4) is 6.07 Å². The van der Waals surface area contributed by atoms with Crippen LogP contribution < -0.4 is 0 Å². The number of Topliss-reactive ketones (excluding diaryl/α,β-unsaturated/α-hetero) is 1. The van der Waals surface area contributed by atoms with Gasteiger partial charge in [0, 0.05) is 6.54 Å². The summed E-state index contributed by atoms with van der Waals surface area (Å²) < 4.78 is 0. The van der Waals surface area contributed by atoms with Crippen LogP contribution in [0.25, 0.3) is 10.8 Å². The summed E-state index contributed by atoms with van der Waals surface area (Å²) in [6.45, 7) is 1.03. The Kier molecular flexibility index (Phi) is 4.27. The third-order valence-electron chi connectivity index (χ3n) is 2.99. The first-order valence-electron chi connectivity index (χ1n) is 6.24. The molecule has 0 amide bonds. The van der Waals surface area contributed by atoms with Crippen molar-refractivity contribution >= 4 is 16.6 Å². The van der Waals surface area contributed by atoms with Crippen LogP contribution in [0.5, 0.6) is 0 Å². The van der Waals surface area contributed by atoms with Gasteiger partial charge in [-0.05, 0) is 29.4 Å². The van der Waals surface area contributed by atoms with E-state index >= 15 is 0 Å². The van der Waals surface area contributed by atoms with Crippen molar-refractivity contribution < 1.29 is 4.79 Å². The van der Waals surface area contributed by atoms with Gasteiger partial charge in [0.15, 0.2) is 5.78 Å². The molecule has 0 aliphatic heterocycles. The summed E-state index contributed by atoms with van der Waals surface area (Å²) in [5.41, 5.74) is 1.17. The van der Waals surface area contributed by atoms with E-state index in [1.165, 1.54) is 16.3 Å². The van der Waals surface area contributed by atoms with Crippen LogP contribution in [0.15, 0.2) is 42.5 Å². The Hall–Kier alpha value is -2.18. The highest BCUT2D eigenvalue weighted by molar-refractivity contribution is 5.83. The molecular weight excluding hydrogens is 236 g/mol. The average Bonchev–Trinajstić information content (AvgIpc) is 2.38. The number of carbonyl (C=O) groups is 1. The molecule has 0 saturated carbocycles. The summed E-state index contributed by atoms with van der Waals surface area (Å²) >= 11 is 0. The van der Waals surface area contributed by atoms with Crippen LogP contribution in [0.1, 0.15) is 12.0 Å². The molecule has 0 aliphatic carbocycles. The van der Waals surface area contributed by atoms with Gasteiger partial charge in [0.1, 0.15) is 0 Å². The highest BCUT2D eigenvalue weighted by Gasteiger charge is 2.07. The first kappa shape index (κ1) is 13.3. The summed E-state index contributed by atoms with van der Waals surface area (Å²) in [5, 5.41) is 10.9. The van der Waals surface area contributed by atoms with E-state index in [0.717, 1.165) is 0 Å². The maximum absolute atomic E-state index is 11.4. The van der Waals surface area contributed by atoms with E-state index < -0.39 is 0 Å². The Morgan fingerprint density at radius 1 is 1.21 bits per heavy atom. The minimum atomic E-state index is -0.0363. The van der Waals surface area contributed by atoms with Gasteiger partial charge in [-0.15, -0.1) is 0 Å². The topological polar surface area (TPSA) is 44.1 Å². The molecule has 0 unspecified atom stereocenters. The van der Waals surface area contributed by atoms with Crippen molar-refractivity contribution in [1.82, 2.24) is 4.90 Å². The maximum Gasteiger partial charge on any atom is 0.160 e. The van der Waals surface area contributed by atoms with Crippen LogP contribution in [0.3, 0.4) is 0 Å². The number of fused-ring (bicyclic) bond motifs is 1. The Morgan fingerprint density at radius 2 is 1.95 bits per heavy atom. The zero-order valence-corrected chi connectivity index (χ0v) is 11.0. The van der Waals surface area contributed by atoms with E-state index in [2.05, 4.69) is 30.3 Å². The van der Waals surface area contributed by atoms with Crippen molar-refractivity contribution in [1.29, 1.82) is 5.26 Å². The first-order valence-corrected chi connectivity index (χ1v) is 6.24. The molecule has 0 fully saturated rings. The Bertz CT molecular complexity index is 628. The van der Waals surface area contributed by atoms with Gasteiger partial charge >= 0.3 is 0 Å². The zero-order chi connectivity index (χ0) is 13.7. The van der Waals surface area contributed by atoms with Crippen molar-refractivity contribution in [2.24, 2.45) is 0 Å². The third-order valence-corrected chi connectivity index (χ3v) is 2.99. The van der Waals surface area contributed by atoms with Crippen LogP contribution in [0.2, 0.25) is 0 Å². The minimum absolute atomic E-state index is 0.0118. The number of carbonyl (C=O) groups excluding carboxylic acids is 1. The van der Waals surface area contributed by atoms with E-state index in [1.54, 1.807) is 0 Å². The first-order chi connectivity index (χ1) is 9.19. The molecule has 19 heavy (non-hydrogen) atoms. The van der Waals surface area contributed by atoms with E-state index in [9.17, 15) is 4.79 Å². The minimum Gasteiger partial charge on any atom is -0.297 e. The number of nitrogens with zero attached hydrogens (tertiary/aromatic N) is 2. The maximum atomic E-state index is 11.4. The van der Waals surface area contributed by atoms with Gasteiger partial charge in [-0.25, -0.2) is 0 Å². The monoisotopic (exact) mass is 252 g/mol. The van der Waals surface area contributed by atoms with Gasteiger partial charge in [-0.2, -0.15) is 5.26 Å². The van der Waals surface area contributed by atoms with Gasteiger partial charge in [0.25, 0.3) is 0 Å². The fraction of sp³-hybridized carbons (Fsp3) is 0.250. The summed E-state index contributed by atoms with van der Waals surface area (Å²) in [6, 6.07) is 16.4. The highest BCUT2D eigenvalue weighted by Crippen LogP contribution is 2.16. The molecule has 0 heterocycles. The van der Waals surface area contributed by atoms with Gasteiger partial charge < -0.3 is 0 Å². The third kappa shape index (κ3) is 3.64. The second kappa shape index (κ2) is 6.12. The van der Waals surface area contributed by atoms with E-state index in [1.807, 2.05) is 30.1 Å². The second-order valence-electron chi connectivity index (χ2n) is 4.73. The van der Waals surface area contributed by atoms with E-state index in [-0.39, 0.29) is 12.2 Å². The van der Waals surface area contributed by atoms with Crippen molar-refractivity contribution in [2.45, 2.75) is 13.0 Å². The predicted molar refractivity (Wildman–Crippen MR) is 75.5 cm³/mol. The molecule has 2 rings (SSSR count). The summed E-state index contributed by atoms with van der Waals surface area (Å²) in [5.74, 6) is -0.0363. The molecule has 0 atom stereocenters. The van der Waals surface area contributed by atoms with Crippen LogP contribution in [0, 0.1) is 11.3 Å². The molecule has 0 saturated heterocycles. The molecule has 2 aromatic carbocycles.